The maximum atomic E-state index is 12.0. The van der Waals surface area contributed by atoms with Crippen molar-refractivity contribution in [3.8, 4) is 6.07 Å². The lowest BCUT2D eigenvalue weighted by atomic mass is 9.80. The molecule has 0 bridgehead atoms. The van der Waals surface area contributed by atoms with Crippen molar-refractivity contribution in [2.75, 3.05) is 0 Å². The number of nitriles is 1. The first-order valence-corrected chi connectivity index (χ1v) is 5.75. The monoisotopic (exact) mass is 225 g/mol. The fourth-order valence-electron chi connectivity index (χ4n) is 2.22. The second-order valence-corrected chi connectivity index (χ2v) is 4.47. The third-order valence-corrected chi connectivity index (χ3v) is 3.49. The van der Waals surface area contributed by atoms with Gasteiger partial charge in [0.05, 0.1) is 5.39 Å². The van der Waals surface area contributed by atoms with Crippen molar-refractivity contribution < 1.29 is 4.42 Å². The highest BCUT2D eigenvalue weighted by atomic mass is 16.3. The Kier molecular flexibility index (Phi) is 2.22. The molecule has 0 spiro atoms. The average Bonchev–Trinajstić information content (AvgIpc) is 2.28. The summed E-state index contributed by atoms with van der Waals surface area (Å²) in [5.41, 5.74) is 1.58. The van der Waals surface area contributed by atoms with E-state index >= 15 is 0 Å². The summed E-state index contributed by atoms with van der Waals surface area (Å²) < 4.78 is 5.28. The van der Waals surface area contributed by atoms with Crippen molar-refractivity contribution in [3.05, 3.63) is 45.8 Å². The summed E-state index contributed by atoms with van der Waals surface area (Å²) in [6.07, 6.45) is 4.87. The van der Waals surface area contributed by atoms with Gasteiger partial charge in [0.15, 0.2) is 0 Å². The van der Waals surface area contributed by atoms with Crippen LogP contribution in [0.5, 0.6) is 0 Å². The van der Waals surface area contributed by atoms with Crippen LogP contribution in [0.1, 0.15) is 36.3 Å². The lowest BCUT2D eigenvalue weighted by molar-refractivity contribution is 0.420. The summed E-state index contributed by atoms with van der Waals surface area (Å²) in [4.78, 5) is 12.0. The molecule has 0 N–H and O–H groups in total. The summed E-state index contributed by atoms with van der Waals surface area (Å²) in [6, 6.07) is 7.58. The molecule has 17 heavy (non-hydrogen) atoms. The molecule has 0 saturated heterocycles. The largest absolute Gasteiger partial charge is 0.463 e. The van der Waals surface area contributed by atoms with Gasteiger partial charge in [0.2, 0.25) is 5.43 Å². The summed E-state index contributed by atoms with van der Waals surface area (Å²) in [7, 11) is 0. The Morgan fingerprint density at radius 2 is 2.18 bits per heavy atom. The van der Waals surface area contributed by atoms with Crippen molar-refractivity contribution in [1.82, 2.24) is 0 Å². The molecule has 84 valence electrons. The fraction of sp³-hybridized carbons (Fsp3) is 0.286. The van der Waals surface area contributed by atoms with Gasteiger partial charge in [-0.1, -0.05) is 12.5 Å². The number of hydrogen-bond donors (Lipinski definition) is 0. The van der Waals surface area contributed by atoms with Crippen LogP contribution < -0.4 is 5.43 Å². The van der Waals surface area contributed by atoms with Gasteiger partial charge in [0.1, 0.15) is 23.5 Å². The minimum Gasteiger partial charge on any atom is -0.463 e. The fourth-order valence-corrected chi connectivity index (χ4v) is 2.22. The normalized spacial score (nSPS) is 15.5. The summed E-state index contributed by atoms with van der Waals surface area (Å²) in [6.45, 7) is 0. The minimum absolute atomic E-state index is 0.0725. The van der Waals surface area contributed by atoms with E-state index in [1.165, 1.54) is 31.1 Å². The van der Waals surface area contributed by atoms with Gasteiger partial charge in [-0.2, -0.15) is 5.26 Å². The van der Waals surface area contributed by atoms with E-state index in [2.05, 4.69) is 0 Å². The summed E-state index contributed by atoms with van der Waals surface area (Å²) in [5, 5.41) is 9.33. The van der Waals surface area contributed by atoms with E-state index in [9.17, 15) is 4.79 Å². The average molecular weight is 225 g/mol. The van der Waals surface area contributed by atoms with E-state index in [0.29, 0.717) is 16.9 Å². The molecule has 1 aromatic carbocycles. The highest BCUT2D eigenvalue weighted by Crippen LogP contribution is 2.36. The zero-order valence-electron chi connectivity index (χ0n) is 9.27. The molecule has 1 aliphatic rings. The highest BCUT2D eigenvalue weighted by Gasteiger charge is 2.20. The second kappa shape index (κ2) is 3.74. The van der Waals surface area contributed by atoms with Crippen molar-refractivity contribution in [2.24, 2.45) is 0 Å². The van der Waals surface area contributed by atoms with Crippen molar-refractivity contribution in [1.29, 1.82) is 5.26 Å². The molecule has 3 heteroatoms. The van der Waals surface area contributed by atoms with Gasteiger partial charge >= 0.3 is 0 Å². The van der Waals surface area contributed by atoms with E-state index in [1.54, 1.807) is 0 Å². The molecule has 1 aromatic heterocycles. The third kappa shape index (κ3) is 1.53. The molecule has 3 nitrogen and oxygen atoms in total. The minimum atomic E-state index is -0.227. The van der Waals surface area contributed by atoms with Gasteiger partial charge in [-0.25, -0.2) is 0 Å². The SMILES string of the molecule is N#Cc1coc2ccc(C3CCC3)cc2c1=O. The van der Waals surface area contributed by atoms with Crippen LogP contribution in [0, 0.1) is 11.3 Å². The molecule has 1 aliphatic carbocycles. The first kappa shape index (κ1) is 10.1. The molecule has 1 saturated carbocycles. The van der Waals surface area contributed by atoms with Crippen molar-refractivity contribution in [2.45, 2.75) is 25.2 Å². The van der Waals surface area contributed by atoms with Crippen LogP contribution in [-0.2, 0) is 0 Å². The van der Waals surface area contributed by atoms with Gasteiger partial charge in [0, 0.05) is 0 Å². The molecule has 0 unspecified atom stereocenters. The smallest absolute Gasteiger partial charge is 0.210 e. The van der Waals surface area contributed by atoms with E-state index in [1.807, 2.05) is 24.3 Å². The molecule has 0 radical (unpaired) electrons. The van der Waals surface area contributed by atoms with Gasteiger partial charge in [-0.05, 0) is 36.5 Å². The number of nitrogens with zero attached hydrogens (tertiary/aromatic N) is 1. The lowest BCUT2D eigenvalue weighted by Gasteiger charge is -2.25. The van der Waals surface area contributed by atoms with E-state index < -0.39 is 0 Å². The maximum Gasteiger partial charge on any atom is 0.210 e. The van der Waals surface area contributed by atoms with Crippen LogP contribution in [0.2, 0.25) is 0 Å². The van der Waals surface area contributed by atoms with Crippen LogP contribution >= 0.6 is 0 Å². The summed E-state index contributed by atoms with van der Waals surface area (Å²) in [5.74, 6) is 0.574. The number of hydrogen-bond acceptors (Lipinski definition) is 3. The predicted molar refractivity (Wildman–Crippen MR) is 63.8 cm³/mol. The Morgan fingerprint density at radius 1 is 1.35 bits per heavy atom. The van der Waals surface area contributed by atoms with Crippen LogP contribution in [0.25, 0.3) is 11.0 Å². The predicted octanol–water partition coefficient (Wildman–Crippen LogP) is 2.93. The Bertz CT molecular complexity index is 675. The molecule has 0 amide bonds. The van der Waals surface area contributed by atoms with E-state index in [0.717, 1.165) is 0 Å². The topological polar surface area (TPSA) is 54.0 Å². The van der Waals surface area contributed by atoms with Crippen molar-refractivity contribution in [3.63, 3.8) is 0 Å². The maximum absolute atomic E-state index is 12.0. The van der Waals surface area contributed by atoms with E-state index in [4.69, 9.17) is 9.68 Å². The molecule has 3 rings (SSSR count). The Balaban J connectivity index is 2.23. The molecule has 2 aromatic rings. The third-order valence-electron chi connectivity index (χ3n) is 3.49. The summed E-state index contributed by atoms with van der Waals surface area (Å²) >= 11 is 0. The van der Waals surface area contributed by atoms with Crippen LogP contribution in [0.15, 0.2) is 33.7 Å². The van der Waals surface area contributed by atoms with Gasteiger partial charge in [-0.15, -0.1) is 0 Å². The Hall–Kier alpha value is -2.08. The molecular weight excluding hydrogens is 214 g/mol. The van der Waals surface area contributed by atoms with E-state index in [-0.39, 0.29) is 11.0 Å². The number of benzene rings is 1. The second-order valence-electron chi connectivity index (χ2n) is 4.47. The highest BCUT2D eigenvalue weighted by molar-refractivity contribution is 5.78. The first-order chi connectivity index (χ1) is 8.29. The zero-order chi connectivity index (χ0) is 11.8. The molecule has 1 heterocycles. The van der Waals surface area contributed by atoms with Gasteiger partial charge in [-0.3, -0.25) is 4.79 Å². The number of fused-ring (bicyclic) bond motifs is 1. The van der Waals surface area contributed by atoms with Crippen LogP contribution in [0.3, 0.4) is 0 Å². The quantitative estimate of drug-likeness (QED) is 0.749. The zero-order valence-corrected chi connectivity index (χ0v) is 9.27. The Morgan fingerprint density at radius 3 is 2.82 bits per heavy atom. The molecule has 1 fully saturated rings. The standard InChI is InChI=1S/C14H11NO2/c15-7-11-8-17-13-5-4-10(9-2-1-3-9)6-12(13)14(11)16/h4-6,8-9H,1-3H2. The molecule has 0 aliphatic heterocycles. The van der Waals surface area contributed by atoms with Crippen LogP contribution in [-0.4, -0.2) is 0 Å². The van der Waals surface area contributed by atoms with Crippen molar-refractivity contribution >= 4 is 11.0 Å². The first-order valence-electron chi connectivity index (χ1n) is 5.75. The Labute approximate surface area is 98.3 Å². The van der Waals surface area contributed by atoms with Crippen LogP contribution in [0.4, 0.5) is 0 Å². The molecule has 0 atom stereocenters. The lowest BCUT2D eigenvalue weighted by Crippen LogP contribution is -2.10. The molecular formula is C14H11NO2. The number of rotatable bonds is 1. The van der Waals surface area contributed by atoms with Gasteiger partial charge < -0.3 is 4.42 Å². The van der Waals surface area contributed by atoms with Gasteiger partial charge in [0.25, 0.3) is 0 Å².